The number of rotatable bonds is 3. The van der Waals surface area contributed by atoms with E-state index in [4.69, 9.17) is 0 Å². The van der Waals surface area contributed by atoms with Crippen LogP contribution < -0.4 is 15.8 Å². The molecule has 5 rings (SSSR count). The van der Waals surface area contributed by atoms with Crippen LogP contribution in [0.4, 0.5) is 5.69 Å². The minimum absolute atomic E-state index is 0.115. The van der Waals surface area contributed by atoms with Crippen molar-refractivity contribution in [3.63, 3.8) is 0 Å². The molecule has 0 bridgehead atoms. The number of para-hydroxylation sites is 2. The summed E-state index contributed by atoms with van der Waals surface area (Å²) in [5.41, 5.74) is 4.06. The predicted molar refractivity (Wildman–Crippen MR) is 138 cm³/mol. The van der Waals surface area contributed by atoms with Crippen molar-refractivity contribution >= 4 is 17.8 Å². The number of nitrogens with one attached hydrogen (secondary N) is 1. The highest BCUT2D eigenvalue weighted by Crippen LogP contribution is 2.42. The van der Waals surface area contributed by atoms with E-state index >= 15 is 0 Å². The number of likely N-dealkylation sites (tertiary alicyclic amines) is 1. The molecule has 3 nitrogen and oxygen atoms in total. The van der Waals surface area contributed by atoms with Gasteiger partial charge in [0.1, 0.15) is 0 Å². The molecule has 3 heteroatoms. The zero-order chi connectivity index (χ0) is 22.4. The van der Waals surface area contributed by atoms with Gasteiger partial charge in [-0.3, -0.25) is 0 Å². The summed E-state index contributed by atoms with van der Waals surface area (Å²) in [6.45, 7) is 8.17. The highest BCUT2D eigenvalue weighted by Gasteiger charge is 2.40. The van der Waals surface area contributed by atoms with Crippen molar-refractivity contribution < 1.29 is 0 Å². The Morgan fingerprint density at radius 3 is 2.34 bits per heavy atom. The summed E-state index contributed by atoms with van der Waals surface area (Å²) in [5, 5.41) is 6.46. The van der Waals surface area contributed by atoms with E-state index in [1.54, 1.807) is 0 Å². The van der Waals surface area contributed by atoms with Gasteiger partial charge in [-0.2, -0.15) is 0 Å². The quantitative estimate of drug-likeness (QED) is 0.592. The van der Waals surface area contributed by atoms with Crippen molar-refractivity contribution in [3.8, 4) is 5.69 Å². The first-order valence-corrected chi connectivity index (χ1v) is 11.8. The standard InChI is InChI=1S/C16H19N3.C13H16/c1-18-11-8-16(9-12-18)15-7-4-10-19(15)14-6-3-2-5-13(14)17-16;1-3-5-9-13-11-7-6-10-12(13)8-4-2/h2-7,10,17H,8-9,11-12H2,1H3;3,6-11H,1,4-5H2,2H3/b;12-8-,13-9-. The van der Waals surface area contributed by atoms with Crippen LogP contribution in [0.5, 0.6) is 0 Å². The Labute approximate surface area is 192 Å². The smallest absolute Gasteiger partial charge is 0.0804 e. The van der Waals surface area contributed by atoms with E-state index in [1.165, 1.54) is 40.3 Å². The van der Waals surface area contributed by atoms with E-state index in [0.717, 1.165) is 25.9 Å². The average molecular weight is 426 g/mol. The molecule has 3 aromatic rings. The second kappa shape index (κ2) is 10.1. The molecular formula is C29H35N3. The monoisotopic (exact) mass is 425 g/mol. The Bertz CT molecular complexity index is 1160. The second-order valence-corrected chi connectivity index (χ2v) is 8.76. The summed E-state index contributed by atoms with van der Waals surface area (Å²) in [6.07, 6.45) is 12.9. The van der Waals surface area contributed by atoms with Crippen LogP contribution in [-0.2, 0) is 5.54 Å². The van der Waals surface area contributed by atoms with Crippen LogP contribution in [0.3, 0.4) is 0 Å². The third-order valence-corrected chi connectivity index (χ3v) is 6.54. The Morgan fingerprint density at radius 1 is 0.938 bits per heavy atom. The fourth-order valence-corrected chi connectivity index (χ4v) is 4.79. The Balaban J connectivity index is 0.000000166. The van der Waals surface area contributed by atoms with Crippen LogP contribution in [0.25, 0.3) is 17.8 Å². The second-order valence-electron chi connectivity index (χ2n) is 8.76. The molecule has 2 aliphatic heterocycles. The van der Waals surface area contributed by atoms with E-state index < -0.39 is 0 Å². The maximum Gasteiger partial charge on any atom is 0.0804 e. The van der Waals surface area contributed by atoms with E-state index in [9.17, 15) is 0 Å². The van der Waals surface area contributed by atoms with Gasteiger partial charge in [0.2, 0.25) is 0 Å². The van der Waals surface area contributed by atoms with Crippen molar-refractivity contribution in [1.82, 2.24) is 9.47 Å². The highest BCUT2D eigenvalue weighted by atomic mass is 15.2. The molecular weight excluding hydrogens is 390 g/mol. The average Bonchev–Trinajstić information content (AvgIpc) is 3.33. The minimum Gasteiger partial charge on any atom is -0.372 e. The summed E-state index contributed by atoms with van der Waals surface area (Å²) in [5.74, 6) is 0. The molecule has 0 saturated carbocycles. The predicted octanol–water partition coefficient (Wildman–Crippen LogP) is 5.06. The van der Waals surface area contributed by atoms with Crippen LogP contribution in [0.15, 0.2) is 79.5 Å². The molecule has 0 atom stereocenters. The van der Waals surface area contributed by atoms with Crippen molar-refractivity contribution in [1.29, 1.82) is 0 Å². The van der Waals surface area contributed by atoms with Gasteiger partial charge in [-0.15, -0.1) is 6.58 Å². The molecule has 1 saturated heterocycles. The zero-order valence-corrected chi connectivity index (χ0v) is 19.4. The fraction of sp³-hybridized carbons (Fsp3) is 0.310. The number of allylic oxidation sites excluding steroid dienone is 1. The van der Waals surface area contributed by atoms with Crippen LogP contribution in [-0.4, -0.2) is 29.6 Å². The Hall–Kier alpha value is -3.04. The van der Waals surface area contributed by atoms with Crippen LogP contribution in [0.2, 0.25) is 0 Å². The molecule has 0 unspecified atom stereocenters. The molecule has 0 aliphatic carbocycles. The molecule has 32 heavy (non-hydrogen) atoms. The number of piperidine rings is 1. The molecule has 1 aromatic heterocycles. The number of hydrogen-bond donors (Lipinski definition) is 1. The highest BCUT2D eigenvalue weighted by molar-refractivity contribution is 5.67. The minimum atomic E-state index is 0.115. The van der Waals surface area contributed by atoms with Crippen molar-refractivity contribution in [3.05, 3.63) is 95.6 Å². The van der Waals surface area contributed by atoms with Gasteiger partial charge in [0.25, 0.3) is 0 Å². The molecule has 0 radical (unpaired) electrons. The number of nitrogens with zero attached hydrogens (tertiary/aromatic N) is 2. The molecule has 0 amide bonds. The fourth-order valence-electron chi connectivity index (χ4n) is 4.79. The maximum atomic E-state index is 3.83. The molecule has 166 valence electrons. The Kier molecular flexibility index (Phi) is 6.96. The van der Waals surface area contributed by atoms with Gasteiger partial charge in [-0.1, -0.05) is 61.5 Å². The lowest BCUT2D eigenvalue weighted by Gasteiger charge is -2.45. The summed E-state index contributed by atoms with van der Waals surface area (Å²) in [4.78, 5) is 2.42. The molecule has 2 aliphatic rings. The summed E-state index contributed by atoms with van der Waals surface area (Å²) < 4.78 is 2.36. The summed E-state index contributed by atoms with van der Waals surface area (Å²) >= 11 is 0. The van der Waals surface area contributed by atoms with E-state index in [2.05, 4.69) is 114 Å². The van der Waals surface area contributed by atoms with Gasteiger partial charge in [0.05, 0.1) is 16.9 Å². The SMILES string of the molecule is C=CC/C=c1/cccc/c1=C/CC.CN1CCC2(CC1)Nc1ccccc1-n1cccc12. The topological polar surface area (TPSA) is 20.2 Å². The maximum absolute atomic E-state index is 3.83. The van der Waals surface area contributed by atoms with Gasteiger partial charge < -0.3 is 14.8 Å². The van der Waals surface area contributed by atoms with Gasteiger partial charge >= 0.3 is 0 Å². The van der Waals surface area contributed by atoms with E-state index in [0.29, 0.717) is 0 Å². The lowest BCUT2D eigenvalue weighted by molar-refractivity contribution is 0.199. The van der Waals surface area contributed by atoms with Gasteiger partial charge in [-0.05, 0) is 67.4 Å². The number of fused-ring (bicyclic) bond motifs is 4. The molecule has 3 heterocycles. The van der Waals surface area contributed by atoms with Crippen LogP contribution in [0.1, 0.15) is 38.3 Å². The van der Waals surface area contributed by atoms with Gasteiger partial charge in [-0.25, -0.2) is 0 Å². The number of hydrogen-bond acceptors (Lipinski definition) is 2. The molecule has 2 aromatic carbocycles. The first kappa shape index (κ1) is 22.2. The van der Waals surface area contributed by atoms with Crippen molar-refractivity contribution in [2.45, 2.75) is 38.1 Å². The number of anilines is 1. The zero-order valence-electron chi connectivity index (χ0n) is 19.4. The largest absolute Gasteiger partial charge is 0.372 e. The lowest BCUT2D eigenvalue weighted by Crippen LogP contribution is -2.48. The van der Waals surface area contributed by atoms with Gasteiger partial charge in [0.15, 0.2) is 0 Å². The first-order chi connectivity index (χ1) is 15.7. The molecule has 1 spiro atoms. The summed E-state index contributed by atoms with van der Waals surface area (Å²) in [7, 11) is 2.21. The van der Waals surface area contributed by atoms with Crippen LogP contribution in [0, 0.1) is 0 Å². The number of aromatic nitrogens is 1. The molecule has 1 fully saturated rings. The number of benzene rings is 2. The normalized spacial score (nSPS) is 17.7. The van der Waals surface area contributed by atoms with Gasteiger partial charge in [0, 0.05) is 25.0 Å². The Morgan fingerprint density at radius 2 is 1.62 bits per heavy atom. The lowest BCUT2D eigenvalue weighted by atomic mass is 9.82. The molecule has 1 N–H and O–H groups in total. The van der Waals surface area contributed by atoms with Crippen molar-refractivity contribution in [2.24, 2.45) is 0 Å². The first-order valence-electron chi connectivity index (χ1n) is 11.8. The summed E-state index contributed by atoms with van der Waals surface area (Å²) in [6, 6.07) is 21.5. The third kappa shape index (κ3) is 4.58. The van der Waals surface area contributed by atoms with Crippen molar-refractivity contribution in [2.75, 3.05) is 25.5 Å². The van der Waals surface area contributed by atoms with E-state index in [1.807, 2.05) is 6.08 Å². The van der Waals surface area contributed by atoms with E-state index in [-0.39, 0.29) is 5.54 Å². The van der Waals surface area contributed by atoms with Crippen LogP contribution >= 0.6 is 0 Å². The third-order valence-electron chi connectivity index (χ3n) is 6.54.